The van der Waals surface area contributed by atoms with E-state index in [0.717, 1.165) is 29.7 Å². The van der Waals surface area contributed by atoms with Gasteiger partial charge in [-0.25, -0.2) is 5.01 Å². The van der Waals surface area contributed by atoms with Gasteiger partial charge in [0, 0.05) is 13.0 Å². The van der Waals surface area contributed by atoms with E-state index in [1.165, 1.54) is 0 Å². The van der Waals surface area contributed by atoms with E-state index in [0.29, 0.717) is 39.4 Å². The van der Waals surface area contributed by atoms with E-state index < -0.39 is 0 Å². The van der Waals surface area contributed by atoms with Gasteiger partial charge in [-0.1, -0.05) is 91.0 Å². The van der Waals surface area contributed by atoms with E-state index in [1.54, 1.807) is 0 Å². The molecule has 2 aliphatic heterocycles. The van der Waals surface area contributed by atoms with Crippen molar-refractivity contribution >= 4 is 5.91 Å². The second-order valence-corrected chi connectivity index (χ2v) is 9.41. The van der Waals surface area contributed by atoms with Gasteiger partial charge >= 0.3 is 0 Å². The van der Waals surface area contributed by atoms with Crippen molar-refractivity contribution in [3.63, 3.8) is 0 Å². The minimum atomic E-state index is -0.266. The largest absolute Gasteiger partial charge is 0.375 e. The van der Waals surface area contributed by atoms with Crippen molar-refractivity contribution in [2.24, 2.45) is 0 Å². The van der Waals surface area contributed by atoms with Crippen molar-refractivity contribution < 1.29 is 19.0 Å². The second kappa shape index (κ2) is 12.3. The third-order valence-corrected chi connectivity index (χ3v) is 6.85. The van der Waals surface area contributed by atoms with Crippen LogP contribution in [-0.4, -0.2) is 53.9 Å². The molecule has 3 aromatic carbocycles. The van der Waals surface area contributed by atoms with Gasteiger partial charge in [0.2, 0.25) is 5.91 Å². The molecule has 0 saturated carbocycles. The lowest BCUT2D eigenvalue weighted by molar-refractivity contribution is -0.231. The quantitative estimate of drug-likeness (QED) is 0.419. The highest BCUT2D eigenvalue weighted by Crippen LogP contribution is 2.29. The molecule has 0 unspecified atom stereocenters. The van der Waals surface area contributed by atoms with E-state index in [1.807, 2.05) is 59.6 Å². The third-order valence-electron chi connectivity index (χ3n) is 6.85. The Balaban J connectivity index is 1.36. The van der Waals surface area contributed by atoms with Crippen molar-refractivity contribution in [3.8, 4) is 0 Å². The zero-order chi connectivity index (χ0) is 24.6. The average Bonchev–Trinajstić information content (AvgIpc) is 2.93. The first-order valence-electron chi connectivity index (χ1n) is 12.8. The summed E-state index contributed by atoms with van der Waals surface area (Å²) >= 11 is 0. The summed E-state index contributed by atoms with van der Waals surface area (Å²) in [7, 11) is 0. The molecule has 2 saturated heterocycles. The lowest BCUT2D eigenvalue weighted by Crippen LogP contribution is -2.69. The molecular weight excluding hydrogens is 452 g/mol. The van der Waals surface area contributed by atoms with E-state index in [4.69, 9.17) is 14.2 Å². The van der Waals surface area contributed by atoms with E-state index in [2.05, 4.69) is 41.4 Å². The fraction of sp³-hybridized carbons (Fsp3) is 0.367. The predicted octanol–water partition coefficient (Wildman–Crippen LogP) is 4.60. The van der Waals surface area contributed by atoms with Gasteiger partial charge in [-0.05, 0) is 23.1 Å². The maximum absolute atomic E-state index is 12.9. The number of hydrazine groups is 1. The number of amides is 1. The Kier molecular flexibility index (Phi) is 8.41. The fourth-order valence-corrected chi connectivity index (χ4v) is 4.99. The van der Waals surface area contributed by atoms with Crippen molar-refractivity contribution in [2.45, 2.75) is 50.9 Å². The number of benzene rings is 3. The molecule has 2 fully saturated rings. The van der Waals surface area contributed by atoms with Crippen molar-refractivity contribution in [1.82, 2.24) is 10.0 Å². The fourth-order valence-electron chi connectivity index (χ4n) is 4.99. The second-order valence-electron chi connectivity index (χ2n) is 9.41. The highest BCUT2D eigenvalue weighted by atomic mass is 16.5. The van der Waals surface area contributed by atoms with Gasteiger partial charge in [-0.15, -0.1) is 0 Å². The molecule has 0 N–H and O–H groups in total. The van der Waals surface area contributed by atoms with Crippen LogP contribution in [0.1, 0.15) is 29.5 Å². The van der Waals surface area contributed by atoms with Crippen LogP contribution in [0.4, 0.5) is 0 Å². The first-order valence-corrected chi connectivity index (χ1v) is 12.8. The zero-order valence-corrected chi connectivity index (χ0v) is 20.6. The maximum atomic E-state index is 12.9. The third kappa shape index (κ3) is 6.20. The first-order chi connectivity index (χ1) is 17.8. The molecule has 0 aromatic heterocycles. The monoisotopic (exact) mass is 486 g/mol. The van der Waals surface area contributed by atoms with Crippen LogP contribution in [-0.2, 0) is 38.8 Å². The van der Waals surface area contributed by atoms with Gasteiger partial charge in [0.1, 0.15) is 12.2 Å². The van der Waals surface area contributed by atoms with Gasteiger partial charge in [-0.2, -0.15) is 0 Å². The number of carbonyl (C=O) groups is 1. The summed E-state index contributed by atoms with van der Waals surface area (Å²) in [4.78, 5) is 12.9. The number of nitrogens with zero attached hydrogens (tertiary/aromatic N) is 2. The zero-order valence-electron chi connectivity index (χ0n) is 20.6. The molecule has 6 heteroatoms. The number of hydrogen-bond donors (Lipinski definition) is 0. The van der Waals surface area contributed by atoms with Gasteiger partial charge < -0.3 is 14.2 Å². The number of fused-ring (bicyclic) bond motifs is 1. The Morgan fingerprint density at radius 1 is 0.722 bits per heavy atom. The van der Waals surface area contributed by atoms with Crippen LogP contribution >= 0.6 is 0 Å². The average molecular weight is 487 g/mol. The van der Waals surface area contributed by atoms with Crippen LogP contribution < -0.4 is 0 Å². The molecule has 6 nitrogen and oxygen atoms in total. The molecule has 2 aliphatic rings. The molecule has 5 rings (SSSR count). The van der Waals surface area contributed by atoms with Crippen LogP contribution in [0.3, 0.4) is 0 Å². The molecule has 3 atom stereocenters. The lowest BCUT2D eigenvalue weighted by Gasteiger charge is -2.52. The topological polar surface area (TPSA) is 51.2 Å². The smallest absolute Gasteiger partial charge is 0.237 e. The van der Waals surface area contributed by atoms with Crippen LogP contribution in [0.25, 0.3) is 0 Å². The van der Waals surface area contributed by atoms with Crippen LogP contribution in [0.15, 0.2) is 91.0 Å². The van der Waals surface area contributed by atoms with Crippen LogP contribution in [0.5, 0.6) is 0 Å². The van der Waals surface area contributed by atoms with E-state index in [9.17, 15) is 4.79 Å². The summed E-state index contributed by atoms with van der Waals surface area (Å²) in [6.45, 7) is 3.20. The molecule has 0 spiro atoms. The molecular formula is C30H34N2O4. The summed E-state index contributed by atoms with van der Waals surface area (Å²) in [5.74, 6) is 0.143. The van der Waals surface area contributed by atoms with Gasteiger partial charge in [0.15, 0.2) is 0 Å². The molecule has 36 heavy (non-hydrogen) atoms. The number of rotatable bonds is 10. The summed E-state index contributed by atoms with van der Waals surface area (Å²) in [6.07, 6.45) is 0.893. The van der Waals surface area contributed by atoms with Crippen LogP contribution in [0.2, 0.25) is 0 Å². The Morgan fingerprint density at radius 2 is 1.28 bits per heavy atom. The molecule has 0 radical (unpaired) electrons. The Hall–Kier alpha value is -3.03. The standard InChI is InChI=1S/C30H34N2O4/c33-29-17-10-18-31-27(23-34-20-24-11-4-1-5-12-24)30(36-22-26-15-8-3-9-16-26)28(19-32(29)31)35-21-25-13-6-2-7-14-25/h1-9,11-16,27-28,30H,10,17-23H2/t27-,28-,30-/m1/s1. The number of ether oxygens (including phenoxy) is 3. The minimum Gasteiger partial charge on any atom is -0.375 e. The molecule has 1 amide bonds. The highest BCUT2D eigenvalue weighted by Gasteiger charge is 2.46. The molecule has 0 aliphatic carbocycles. The summed E-state index contributed by atoms with van der Waals surface area (Å²) < 4.78 is 19.3. The first kappa shape index (κ1) is 24.7. The minimum absolute atomic E-state index is 0.129. The van der Waals surface area contributed by atoms with E-state index in [-0.39, 0.29) is 24.2 Å². The summed E-state index contributed by atoms with van der Waals surface area (Å²) in [5, 5.41) is 4.03. The van der Waals surface area contributed by atoms with Crippen molar-refractivity contribution in [1.29, 1.82) is 0 Å². The molecule has 0 bridgehead atoms. The Morgan fingerprint density at radius 3 is 1.89 bits per heavy atom. The molecule has 3 aromatic rings. The SMILES string of the molecule is O=C1CCCN2[C@H](COCc3ccccc3)[C@@H](OCc3ccccc3)[C@H](OCc3ccccc3)CN12. The van der Waals surface area contributed by atoms with Crippen LogP contribution in [0, 0.1) is 0 Å². The summed E-state index contributed by atoms with van der Waals surface area (Å²) in [6, 6.07) is 30.4. The number of carbonyl (C=O) groups excluding carboxylic acids is 1. The van der Waals surface area contributed by atoms with Crippen molar-refractivity contribution in [2.75, 3.05) is 19.7 Å². The number of hydrogen-bond acceptors (Lipinski definition) is 5. The highest BCUT2D eigenvalue weighted by molar-refractivity contribution is 5.76. The van der Waals surface area contributed by atoms with Crippen molar-refractivity contribution in [3.05, 3.63) is 108 Å². The summed E-state index contributed by atoms with van der Waals surface area (Å²) in [5.41, 5.74) is 3.34. The molecule has 188 valence electrons. The Labute approximate surface area is 213 Å². The normalized spacial score (nSPS) is 22.4. The van der Waals surface area contributed by atoms with Gasteiger partial charge in [0.25, 0.3) is 0 Å². The molecule has 2 heterocycles. The Bertz CT molecular complexity index is 1080. The maximum Gasteiger partial charge on any atom is 0.237 e. The lowest BCUT2D eigenvalue weighted by atomic mass is 9.99. The van der Waals surface area contributed by atoms with Gasteiger partial charge in [0.05, 0.1) is 39.0 Å². The van der Waals surface area contributed by atoms with E-state index >= 15 is 0 Å². The van der Waals surface area contributed by atoms with Gasteiger partial charge in [-0.3, -0.25) is 9.80 Å². The predicted molar refractivity (Wildman–Crippen MR) is 138 cm³/mol.